The molecule has 0 spiro atoms. The van der Waals surface area contributed by atoms with Crippen LogP contribution in [0.3, 0.4) is 0 Å². The van der Waals surface area contributed by atoms with Gasteiger partial charge >= 0.3 is 0 Å². The first kappa shape index (κ1) is 12.0. The van der Waals surface area contributed by atoms with E-state index in [1.54, 1.807) is 7.11 Å². The van der Waals surface area contributed by atoms with Crippen LogP contribution in [0, 0.1) is 6.92 Å². The predicted molar refractivity (Wildman–Crippen MR) is 68.1 cm³/mol. The molecule has 0 radical (unpaired) electrons. The number of rotatable bonds is 4. The van der Waals surface area contributed by atoms with E-state index in [9.17, 15) is 5.11 Å². The number of hydrogen-bond donors (Lipinski definition) is 1. The van der Waals surface area contributed by atoms with E-state index in [1.807, 2.05) is 31.2 Å². The van der Waals surface area contributed by atoms with E-state index in [-0.39, 0.29) is 0 Å². The zero-order chi connectivity index (χ0) is 12.3. The number of para-hydroxylation sites is 1. The molecule has 0 aliphatic heterocycles. The fraction of sp³-hybridized carbons (Fsp3) is 0.357. The molecular weight excluding hydrogens is 214 g/mol. The second-order valence-corrected chi connectivity index (χ2v) is 4.26. The number of ether oxygens (including phenoxy) is 1. The standard InChI is InChI=1S/C14H17NO2/c1-10-7-11-5-3-4-6-13(11)15-14(10)8-12(16)9-17-2/h3-7,12,16H,8-9H2,1-2H3. The van der Waals surface area contributed by atoms with E-state index in [0.717, 1.165) is 22.2 Å². The Morgan fingerprint density at radius 3 is 2.88 bits per heavy atom. The van der Waals surface area contributed by atoms with Gasteiger partial charge in [0.15, 0.2) is 0 Å². The first-order chi connectivity index (χ1) is 8.20. The number of aryl methyl sites for hydroxylation is 1. The average Bonchev–Trinajstić information content (AvgIpc) is 2.30. The van der Waals surface area contributed by atoms with Crippen molar-refractivity contribution < 1.29 is 9.84 Å². The fourth-order valence-electron chi connectivity index (χ4n) is 1.94. The summed E-state index contributed by atoms with van der Waals surface area (Å²) in [5.41, 5.74) is 3.02. The molecule has 0 bridgehead atoms. The van der Waals surface area contributed by atoms with E-state index in [4.69, 9.17) is 4.74 Å². The third-order valence-electron chi connectivity index (χ3n) is 2.81. The summed E-state index contributed by atoms with van der Waals surface area (Å²) in [6, 6.07) is 10.1. The van der Waals surface area contributed by atoms with Gasteiger partial charge in [-0.1, -0.05) is 18.2 Å². The molecule has 1 N–H and O–H groups in total. The smallest absolute Gasteiger partial charge is 0.0828 e. The van der Waals surface area contributed by atoms with Gasteiger partial charge in [-0.25, -0.2) is 0 Å². The maximum absolute atomic E-state index is 9.73. The van der Waals surface area contributed by atoms with Crippen LogP contribution in [-0.4, -0.2) is 29.9 Å². The molecular formula is C14H17NO2. The molecule has 0 saturated heterocycles. The molecule has 0 amide bonds. The summed E-state index contributed by atoms with van der Waals surface area (Å²) in [6.07, 6.45) is 0.0391. The van der Waals surface area contributed by atoms with Crippen LogP contribution < -0.4 is 0 Å². The van der Waals surface area contributed by atoms with Gasteiger partial charge in [-0.3, -0.25) is 4.98 Å². The van der Waals surface area contributed by atoms with Crippen LogP contribution in [0.4, 0.5) is 0 Å². The van der Waals surface area contributed by atoms with Gasteiger partial charge in [0.05, 0.1) is 18.2 Å². The van der Waals surface area contributed by atoms with Crippen LogP contribution in [0.25, 0.3) is 10.9 Å². The van der Waals surface area contributed by atoms with Gasteiger partial charge < -0.3 is 9.84 Å². The number of methoxy groups -OCH3 is 1. The molecule has 2 aromatic rings. The number of nitrogens with zero attached hydrogens (tertiary/aromatic N) is 1. The van der Waals surface area contributed by atoms with E-state index in [1.165, 1.54) is 0 Å². The third kappa shape index (κ3) is 2.81. The highest BCUT2D eigenvalue weighted by Crippen LogP contribution is 2.17. The van der Waals surface area contributed by atoms with Gasteiger partial charge in [0.1, 0.15) is 0 Å². The first-order valence-electron chi connectivity index (χ1n) is 5.73. The molecule has 1 aromatic heterocycles. The Labute approximate surface area is 101 Å². The van der Waals surface area contributed by atoms with Crippen molar-refractivity contribution in [3.05, 3.63) is 41.6 Å². The molecule has 0 saturated carbocycles. The van der Waals surface area contributed by atoms with E-state index < -0.39 is 6.10 Å². The van der Waals surface area contributed by atoms with Crippen LogP contribution in [0.1, 0.15) is 11.3 Å². The van der Waals surface area contributed by atoms with Crippen molar-refractivity contribution in [2.45, 2.75) is 19.4 Å². The monoisotopic (exact) mass is 231 g/mol. The van der Waals surface area contributed by atoms with Crippen molar-refractivity contribution in [3.63, 3.8) is 0 Å². The third-order valence-corrected chi connectivity index (χ3v) is 2.81. The Balaban J connectivity index is 2.31. The average molecular weight is 231 g/mol. The number of pyridine rings is 1. The summed E-state index contributed by atoms with van der Waals surface area (Å²) in [4.78, 5) is 4.58. The van der Waals surface area contributed by atoms with Crippen LogP contribution in [0.15, 0.2) is 30.3 Å². The van der Waals surface area contributed by atoms with E-state index in [2.05, 4.69) is 11.1 Å². The molecule has 3 nitrogen and oxygen atoms in total. The topological polar surface area (TPSA) is 42.4 Å². The maximum Gasteiger partial charge on any atom is 0.0828 e. The minimum absolute atomic E-state index is 0.341. The van der Waals surface area contributed by atoms with Crippen molar-refractivity contribution >= 4 is 10.9 Å². The lowest BCUT2D eigenvalue weighted by Crippen LogP contribution is -2.18. The number of hydrogen-bond acceptors (Lipinski definition) is 3. The minimum Gasteiger partial charge on any atom is -0.390 e. The highest BCUT2D eigenvalue weighted by molar-refractivity contribution is 5.79. The summed E-state index contributed by atoms with van der Waals surface area (Å²) in [5, 5.41) is 10.9. The van der Waals surface area contributed by atoms with Crippen LogP contribution in [-0.2, 0) is 11.2 Å². The zero-order valence-corrected chi connectivity index (χ0v) is 10.2. The Bertz CT molecular complexity index is 511. The predicted octanol–water partition coefficient (Wildman–Crippen LogP) is 2.09. The molecule has 3 heteroatoms. The van der Waals surface area contributed by atoms with Gasteiger partial charge in [-0.05, 0) is 24.6 Å². The van der Waals surface area contributed by atoms with Crippen molar-refractivity contribution in [1.82, 2.24) is 4.98 Å². The van der Waals surface area contributed by atoms with Gasteiger partial charge in [0, 0.05) is 24.6 Å². The molecule has 0 fully saturated rings. The van der Waals surface area contributed by atoms with Crippen LogP contribution in [0.5, 0.6) is 0 Å². The Kier molecular flexibility index (Phi) is 3.71. The quantitative estimate of drug-likeness (QED) is 0.876. The van der Waals surface area contributed by atoms with E-state index in [0.29, 0.717) is 13.0 Å². The van der Waals surface area contributed by atoms with Gasteiger partial charge in [-0.2, -0.15) is 0 Å². The molecule has 1 heterocycles. The lowest BCUT2D eigenvalue weighted by molar-refractivity contribution is 0.0644. The van der Waals surface area contributed by atoms with Crippen LogP contribution >= 0.6 is 0 Å². The Morgan fingerprint density at radius 2 is 2.12 bits per heavy atom. The first-order valence-corrected chi connectivity index (χ1v) is 5.73. The maximum atomic E-state index is 9.73. The van der Waals surface area contributed by atoms with Gasteiger partial charge in [0.2, 0.25) is 0 Å². The zero-order valence-electron chi connectivity index (χ0n) is 10.2. The summed E-state index contributed by atoms with van der Waals surface area (Å²) in [5.74, 6) is 0. The summed E-state index contributed by atoms with van der Waals surface area (Å²) in [6.45, 7) is 2.36. The molecule has 0 aliphatic carbocycles. The molecule has 0 aliphatic rings. The molecule has 1 atom stereocenters. The Morgan fingerprint density at radius 1 is 1.35 bits per heavy atom. The van der Waals surface area contributed by atoms with Crippen LogP contribution in [0.2, 0.25) is 0 Å². The molecule has 17 heavy (non-hydrogen) atoms. The molecule has 90 valence electrons. The van der Waals surface area contributed by atoms with Gasteiger partial charge in [-0.15, -0.1) is 0 Å². The number of benzene rings is 1. The molecule has 1 aromatic carbocycles. The SMILES string of the molecule is COCC(O)Cc1nc2ccccc2cc1C. The van der Waals surface area contributed by atoms with E-state index >= 15 is 0 Å². The van der Waals surface area contributed by atoms with Crippen molar-refractivity contribution in [1.29, 1.82) is 0 Å². The normalized spacial score (nSPS) is 12.9. The van der Waals surface area contributed by atoms with Gasteiger partial charge in [0.25, 0.3) is 0 Å². The highest BCUT2D eigenvalue weighted by atomic mass is 16.5. The number of aliphatic hydroxyl groups excluding tert-OH is 1. The van der Waals surface area contributed by atoms with Crippen molar-refractivity contribution in [3.8, 4) is 0 Å². The van der Waals surface area contributed by atoms with Crippen molar-refractivity contribution in [2.75, 3.05) is 13.7 Å². The number of aromatic nitrogens is 1. The lowest BCUT2D eigenvalue weighted by atomic mass is 10.1. The summed E-state index contributed by atoms with van der Waals surface area (Å²) in [7, 11) is 1.59. The number of aliphatic hydroxyl groups is 1. The van der Waals surface area contributed by atoms with Crippen molar-refractivity contribution in [2.24, 2.45) is 0 Å². The minimum atomic E-state index is -0.493. The highest BCUT2D eigenvalue weighted by Gasteiger charge is 2.09. The summed E-state index contributed by atoms with van der Waals surface area (Å²) >= 11 is 0. The molecule has 1 unspecified atom stereocenters. The second-order valence-electron chi connectivity index (χ2n) is 4.26. The largest absolute Gasteiger partial charge is 0.390 e. The Hall–Kier alpha value is -1.45. The summed E-state index contributed by atoms with van der Waals surface area (Å²) < 4.78 is 4.93. The number of fused-ring (bicyclic) bond motifs is 1. The second kappa shape index (κ2) is 5.25. The lowest BCUT2D eigenvalue weighted by Gasteiger charge is -2.11. The fourth-order valence-corrected chi connectivity index (χ4v) is 1.94. The molecule has 2 rings (SSSR count).